The molecular weight excluding hydrogens is 383 g/mol. The molecule has 0 aliphatic heterocycles. The van der Waals surface area contributed by atoms with Gasteiger partial charge in [0.1, 0.15) is 18.1 Å². The summed E-state index contributed by atoms with van der Waals surface area (Å²) in [6, 6.07) is 11.3. The number of carbonyl (C=O) groups excluding carboxylic acids is 2. The van der Waals surface area contributed by atoms with Gasteiger partial charge in [0.05, 0.1) is 30.4 Å². The lowest BCUT2D eigenvalue weighted by molar-refractivity contribution is -0.143. The Hall–Kier alpha value is -3.00. The van der Waals surface area contributed by atoms with Gasteiger partial charge in [-0.2, -0.15) is 4.99 Å². The lowest BCUT2D eigenvalue weighted by Crippen LogP contribution is -2.23. The first-order valence-electron chi connectivity index (χ1n) is 8.65. The molecule has 0 bridgehead atoms. The minimum absolute atomic E-state index is 0.103. The summed E-state index contributed by atoms with van der Waals surface area (Å²) in [4.78, 5) is 28.9. The first-order valence-corrected chi connectivity index (χ1v) is 9.46. The van der Waals surface area contributed by atoms with Gasteiger partial charge in [0.25, 0.3) is 5.91 Å². The normalized spacial score (nSPS) is 11.6. The fourth-order valence-electron chi connectivity index (χ4n) is 2.69. The van der Waals surface area contributed by atoms with Crippen molar-refractivity contribution in [2.75, 3.05) is 13.7 Å². The van der Waals surface area contributed by atoms with Crippen molar-refractivity contribution in [1.29, 1.82) is 0 Å². The molecule has 0 unspecified atom stereocenters. The van der Waals surface area contributed by atoms with E-state index in [4.69, 9.17) is 9.47 Å². The zero-order valence-electron chi connectivity index (χ0n) is 15.5. The van der Waals surface area contributed by atoms with Crippen molar-refractivity contribution in [3.8, 4) is 5.75 Å². The first kappa shape index (κ1) is 19.8. The number of halogens is 1. The maximum absolute atomic E-state index is 13.6. The van der Waals surface area contributed by atoms with E-state index in [0.29, 0.717) is 20.8 Å². The van der Waals surface area contributed by atoms with Crippen LogP contribution in [0.2, 0.25) is 0 Å². The molecule has 0 fully saturated rings. The van der Waals surface area contributed by atoms with Gasteiger partial charge >= 0.3 is 5.97 Å². The summed E-state index contributed by atoms with van der Waals surface area (Å²) < 4.78 is 25.8. The quantitative estimate of drug-likeness (QED) is 0.594. The van der Waals surface area contributed by atoms with Gasteiger partial charge in [-0.1, -0.05) is 23.5 Å². The van der Waals surface area contributed by atoms with Crippen molar-refractivity contribution in [2.45, 2.75) is 19.9 Å². The molecule has 0 aliphatic carbocycles. The molecule has 1 heterocycles. The first-order chi connectivity index (χ1) is 13.5. The summed E-state index contributed by atoms with van der Waals surface area (Å²) in [6.45, 7) is 1.86. The Labute approximate surface area is 164 Å². The third-order valence-electron chi connectivity index (χ3n) is 3.97. The average molecular weight is 402 g/mol. The fourth-order valence-corrected chi connectivity index (χ4v) is 3.76. The van der Waals surface area contributed by atoms with Crippen molar-refractivity contribution < 1.29 is 23.5 Å². The van der Waals surface area contributed by atoms with Gasteiger partial charge in [-0.05, 0) is 42.8 Å². The minimum atomic E-state index is -0.449. The highest BCUT2D eigenvalue weighted by molar-refractivity contribution is 7.16. The number of aromatic nitrogens is 1. The third-order valence-corrected chi connectivity index (χ3v) is 5.01. The van der Waals surface area contributed by atoms with Gasteiger partial charge in [0.2, 0.25) is 0 Å². The average Bonchev–Trinajstić information content (AvgIpc) is 2.98. The number of hydrogen-bond donors (Lipinski definition) is 0. The SMILES string of the molecule is CCOC(=O)Cn1c(=NC(=O)Cc2ccc(OC)cc2)sc2cc(F)ccc21. The number of fused-ring (bicyclic) bond motifs is 1. The van der Waals surface area contributed by atoms with E-state index in [1.165, 1.54) is 12.1 Å². The molecule has 8 heteroatoms. The predicted molar refractivity (Wildman–Crippen MR) is 104 cm³/mol. The number of methoxy groups -OCH3 is 1. The number of esters is 1. The van der Waals surface area contributed by atoms with E-state index in [2.05, 4.69) is 4.99 Å². The maximum Gasteiger partial charge on any atom is 0.326 e. The molecule has 0 aliphatic rings. The third kappa shape index (κ3) is 4.64. The Morgan fingerprint density at radius 2 is 1.93 bits per heavy atom. The molecule has 6 nitrogen and oxygen atoms in total. The van der Waals surface area contributed by atoms with Gasteiger partial charge in [-0.3, -0.25) is 9.59 Å². The highest BCUT2D eigenvalue weighted by Crippen LogP contribution is 2.19. The van der Waals surface area contributed by atoms with Crippen molar-refractivity contribution in [2.24, 2.45) is 4.99 Å². The number of rotatable bonds is 6. The highest BCUT2D eigenvalue weighted by Gasteiger charge is 2.13. The van der Waals surface area contributed by atoms with Crippen molar-refractivity contribution in [3.05, 3.63) is 58.6 Å². The van der Waals surface area contributed by atoms with Gasteiger partial charge in [-0.25, -0.2) is 4.39 Å². The van der Waals surface area contributed by atoms with E-state index in [1.54, 1.807) is 48.9 Å². The highest BCUT2D eigenvalue weighted by atomic mass is 32.1. The van der Waals surface area contributed by atoms with Crippen LogP contribution in [0.1, 0.15) is 12.5 Å². The standard InChI is InChI=1S/C20H19FN2O4S/c1-3-27-19(25)12-23-16-9-6-14(21)11-17(16)28-20(23)22-18(24)10-13-4-7-15(26-2)8-5-13/h4-9,11H,3,10,12H2,1-2H3. The lowest BCUT2D eigenvalue weighted by atomic mass is 10.1. The molecule has 3 rings (SSSR count). The Morgan fingerprint density at radius 1 is 1.18 bits per heavy atom. The number of nitrogens with zero attached hydrogens (tertiary/aromatic N) is 2. The Kier molecular flexibility index (Phi) is 6.20. The number of amides is 1. The molecule has 2 aromatic carbocycles. The van der Waals surface area contributed by atoms with Crippen LogP contribution in [0.5, 0.6) is 5.75 Å². The zero-order chi connectivity index (χ0) is 20.1. The van der Waals surface area contributed by atoms with Crippen LogP contribution in [0.3, 0.4) is 0 Å². The Bertz CT molecular complexity index is 1070. The Balaban J connectivity index is 1.94. The zero-order valence-corrected chi connectivity index (χ0v) is 16.3. The molecule has 0 N–H and O–H groups in total. The number of ether oxygens (including phenoxy) is 2. The lowest BCUT2D eigenvalue weighted by Gasteiger charge is -2.05. The van der Waals surface area contributed by atoms with Crippen LogP contribution < -0.4 is 9.54 Å². The van der Waals surface area contributed by atoms with Crippen LogP contribution in [0.4, 0.5) is 4.39 Å². The fraction of sp³-hybridized carbons (Fsp3) is 0.250. The van der Waals surface area contributed by atoms with Gasteiger partial charge in [0, 0.05) is 0 Å². The van der Waals surface area contributed by atoms with E-state index in [-0.39, 0.29) is 25.5 Å². The smallest absolute Gasteiger partial charge is 0.326 e. The van der Waals surface area contributed by atoms with Crippen molar-refractivity contribution in [3.63, 3.8) is 0 Å². The second kappa shape index (κ2) is 8.79. The molecule has 3 aromatic rings. The molecule has 0 radical (unpaired) electrons. The molecule has 1 amide bonds. The predicted octanol–water partition coefficient (Wildman–Crippen LogP) is 3.08. The van der Waals surface area contributed by atoms with Crippen LogP contribution in [-0.4, -0.2) is 30.2 Å². The number of benzene rings is 2. The summed E-state index contributed by atoms with van der Waals surface area (Å²) in [5.41, 5.74) is 1.41. The summed E-state index contributed by atoms with van der Waals surface area (Å²) in [7, 11) is 1.57. The number of thiazole rings is 1. The van der Waals surface area contributed by atoms with Crippen molar-refractivity contribution >= 4 is 33.4 Å². The summed E-state index contributed by atoms with van der Waals surface area (Å²) in [6.07, 6.45) is 0.103. The van der Waals surface area contributed by atoms with Crippen LogP contribution in [0, 0.1) is 5.82 Å². The van der Waals surface area contributed by atoms with Crippen LogP contribution >= 0.6 is 11.3 Å². The van der Waals surface area contributed by atoms with Gasteiger partial charge in [0.15, 0.2) is 4.80 Å². The summed E-state index contributed by atoms with van der Waals surface area (Å²) in [5.74, 6) is -0.509. The van der Waals surface area contributed by atoms with Crippen LogP contribution in [0.15, 0.2) is 47.5 Å². The van der Waals surface area contributed by atoms with E-state index < -0.39 is 11.8 Å². The number of carbonyl (C=O) groups is 2. The molecule has 146 valence electrons. The van der Waals surface area contributed by atoms with Crippen LogP contribution in [0.25, 0.3) is 10.2 Å². The molecule has 0 saturated heterocycles. The van der Waals surface area contributed by atoms with Gasteiger partial charge < -0.3 is 14.0 Å². The maximum atomic E-state index is 13.6. The Morgan fingerprint density at radius 3 is 2.61 bits per heavy atom. The molecule has 28 heavy (non-hydrogen) atoms. The molecule has 1 aromatic heterocycles. The number of hydrogen-bond acceptors (Lipinski definition) is 5. The van der Waals surface area contributed by atoms with E-state index in [0.717, 1.165) is 16.9 Å². The van der Waals surface area contributed by atoms with Gasteiger partial charge in [-0.15, -0.1) is 0 Å². The van der Waals surface area contributed by atoms with E-state index in [1.807, 2.05) is 0 Å². The summed E-state index contributed by atoms with van der Waals surface area (Å²) >= 11 is 1.15. The second-order valence-corrected chi connectivity index (χ2v) is 6.93. The van der Waals surface area contributed by atoms with Crippen molar-refractivity contribution in [1.82, 2.24) is 4.57 Å². The summed E-state index contributed by atoms with van der Waals surface area (Å²) in [5, 5.41) is 0. The molecular formula is C20H19FN2O4S. The second-order valence-electron chi connectivity index (χ2n) is 5.92. The van der Waals surface area contributed by atoms with Crippen LogP contribution in [-0.2, 0) is 27.3 Å². The van der Waals surface area contributed by atoms with E-state index >= 15 is 0 Å². The molecule has 0 saturated carbocycles. The topological polar surface area (TPSA) is 69.9 Å². The molecule has 0 atom stereocenters. The monoisotopic (exact) mass is 402 g/mol. The minimum Gasteiger partial charge on any atom is -0.497 e. The largest absolute Gasteiger partial charge is 0.497 e. The van der Waals surface area contributed by atoms with E-state index in [9.17, 15) is 14.0 Å². The molecule has 0 spiro atoms.